The number of hydrogen-bond acceptors (Lipinski definition) is 7. The molecule has 7 nitrogen and oxygen atoms in total. The number of hydrogen-bond donors (Lipinski definition) is 0. The molecule has 0 saturated heterocycles. The Morgan fingerprint density at radius 2 is 1.88 bits per heavy atom. The monoisotopic (exact) mass is 383 g/mol. The summed E-state index contributed by atoms with van der Waals surface area (Å²) >= 11 is 1.46. The average Bonchev–Trinajstić information content (AvgIpc) is 3.00. The van der Waals surface area contributed by atoms with Crippen LogP contribution in [0.15, 0.2) is 35.5 Å². The minimum atomic E-state index is -4.46. The first-order valence-electron chi connectivity index (χ1n) is 7.31. The summed E-state index contributed by atoms with van der Waals surface area (Å²) in [7, 11) is 0. The Kier molecular flexibility index (Phi) is 4.98. The van der Waals surface area contributed by atoms with E-state index in [1.807, 2.05) is 6.92 Å². The summed E-state index contributed by atoms with van der Waals surface area (Å²) in [5.74, 6) is 0. The molecule has 0 N–H and O–H groups in total. The topological polar surface area (TPSA) is 82.8 Å². The first-order chi connectivity index (χ1) is 12.3. The Hall–Kier alpha value is -2.82. The van der Waals surface area contributed by atoms with Crippen LogP contribution in [0.25, 0.3) is 11.3 Å². The molecule has 26 heavy (non-hydrogen) atoms. The van der Waals surface area contributed by atoms with E-state index in [1.54, 1.807) is 6.20 Å². The number of nitrogens with zero attached hydrogens (tertiary/aromatic N) is 5. The number of ether oxygens (including phenoxy) is 1. The van der Waals surface area contributed by atoms with E-state index >= 15 is 0 Å². The SMILES string of the molecule is Cc1ncc(Cn2nc(-c3cnc(OCC(F)(F)F)nc3)ccc2=O)s1. The van der Waals surface area contributed by atoms with Gasteiger partial charge in [0.25, 0.3) is 5.56 Å². The number of thiazole rings is 1. The molecule has 0 saturated carbocycles. The van der Waals surface area contributed by atoms with Crippen LogP contribution in [0.5, 0.6) is 6.01 Å². The van der Waals surface area contributed by atoms with E-state index in [1.165, 1.54) is 40.5 Å². The Morgan fingerprint density at radius 1 is 1.15 bits per heavy atom. The van der Waals surface area contributed by atoms with E-state index < -0.39 is 12.8 Å². The van der Waals surface area contributed by atoms with Crippen molar-refractivity contribution >= 4 is 11.3 Å². The Balaban J connectivity index is 1.78. The van der Waals surface area contributed by atoms with Gasteiger partial charge in [0.05, 0.1) is 17.2 Å². The lowest BCUT2D eigenvalue weighted by molar-refractivity contribution is -0.154. The third-order valence-electron chi connectivity index (χ3n) is 3.13. The molecule has 0 unspecified atom stereocenters. The zero-order chi connectivity index (χ0) is 18.7. The molecular weight excluding hydrogens is 371 g/mol. The third-order valence-corrected chi connectivity index (χ3v) is 4.03. The van der Waals surface area contributed by atoms with Crippen LogP contribution in [0.1, 0.15) is 9.88 Å². The molecule has 0 aliphatic heterocycles. The molecule has 0 amide bonds. The van der Waals surface area contributed by atoms with Crippen molar-refractivity contribution in [1.82, 2.24) is 24.7 Å². The first kappa shape index (κ1) is 18.0. The summed E-state index contributed by atoms with van der Waals surface area (Å²) < 4.78 is 42.1. The van der Waals surface area contributed by atoms with Gasteiger partial charge in [-0.25, -0.2) is 19.6 Å². The highest BCUT2D eigenvalue weighted by atomic mass is 32.1. The standard InChI is InChI=1S/C15H12F3N5O2S/c1-9-19-6-11(26-9)7-23-13(24)3-2-12(22-23)10-4-20-14(21-5-10)25-8-15(16,17)18/h2-6H,7-8H2,1H3. The van der Waals surface area contributed by atoms with Crippen LogP contribution in [-0.2, 0) is 6.54 Å². The van der Waals surface area contributed by atoms with Gasteiger partial charge in [0, 0.05) is 35.1 Å². The van der Waals surface area contributed by atoms with Gasteiger partial charge in [-0.15, -0.1) is 11.3 Å². The number of aromatic nitrogens is 5. The van der Waals surface area contributed by atoms with Gasteiger partial charge in [0.2, 0.25) is 0 Å². The largest absolute Gasteiger partial charge is 0.454 e. The fourth-order valence-electron chi connectivity index (χ4n) is 2.01. The van der Waals surface area contributed by atoms with Gasteiger partial charge < -0.3 is 4.74 Å². The quantitative estimate of drug-likeness (QED) is 0.673. The summed E-state index contributed by atoms with van der Waals surface area (Å²) in [4.78, 5) is 24.4. The maximum Gasteiger partial charge on any atom is 0.422 e. The molecule has 3 aromatic heterocycles. The second kappa shape index (κ2) is 7.20. The zero-order valence-electron chi connectivity index (χ0n) is 13.4. The van der Waals surface area contributed by atoms with E-state index in [2.05, 4.69) is 24.8 Å². The lowest BCUT2D eigenvalue weighted by atomic mass is 10.2. The highest BCUT2D eigenvalue weighted by Gasteiger charge is 2.28. The number of rotatable bonds is 5. The van der Waals surface area contributed by atoms with Crippen LogP contribution in [0.4, 0.5) is 13.2 Å². The lowest BCUT2D eigenvalue weighted by Gasteiger charge is -2.08. The van der Waals surface area contributed by atoms with Crippen molar-refractivity contribution in [3.05, 3.63) is 51.0 Å². The predicted molar refractivity (Wildman–Crippen MR) is 87.0 cm³/mol. The fourth-order valence-corrected chi connectivity index (χ4v) is 2.79. The van der Waals surface area contributed by atoms with Crippen molar-refractivity contribution in [3.63, 3.8) is 0 Å². The second-order valence-corrected chi connectivity index (χ2v) is 6.54. The van der Waals surface area contributed by atoms with Crippen LogP contribution in [0.2, 0.25) is 0 Å². The summed E-state index contributed by atoms with van der Waals surface area (Å²) in [6.07, 6.45) is -0.218. The maximum atomic E-state index is 12.1. The van der Waals surface area contributed by atoms with Crippen LogP contribution >= 0.6 is 11.3 Å². The predicted octanol–water partition coefficient (Wildman–Crippen LogP) is 2.45. The van der Waals surface area contributed by atoms with Crippen molar-refractivity contribution in [1.29, 1.82) is 0 Å². The van der Waals surface area contributed by atoms with Crippen LogP contribution in [0, 0.1) is 6.92 Å². The zero-order valence-corrected chi connectivity index (χ0v) is 14.2. The smallest absolute Gasteiger partial charge is 0.422 e. The molecule has 0 aliphatic carbocycles. The Labute approximate surface area is 149 Å². The molecule has 0 aromatic carbocycles. The van der Waals surface area contributed by atoms with Gasteiger partial charge in [-0.1, -0.05) is 0 Å². The minimum Gasteiger partial charge on any atom is -0.454 e. The molecule has 3 rings (SSSR count). The van der Waals surface area contributed by atoms with E-state index in [0.29, 0.717) is 11.3 Å². The molecule has 11 heteroatoms. The molecule has 0 fully saturated rings. The van der Waals surface area contributed by atoms with E-state index in [-0.39, 0.29) is 18.1 Å². The van der Waals surface area contributed by atoms with Gasteiger partial charge in [0.1, 0.15) is 0 Å². The second-order valence-electron chi connectivity index (χ2n) is 5.22. The lowest BCUT2D eigenvalue weighted by Crippen LogP contribution is -2.22. The fraction of sp³-hybridized carbons (Fsp3) is 0.267. The number of halogens is 3. The highest BCUT2D eigenvalue weighted by molar-refractivity contribution is 7.11. The van der Waals surface area contributed by atoms with Crippen molar-refractivity contribution in [2.75, 3.05) is 6.61 Å². The van der Waals surface area contributed by atoms with Crippen LogP contribution in [0.3, 0.4) is 0 Å². The van der Waals surface area contributed by atoms with Gasteiger partial charge in [0.15, 0.2) is 6.61 Å². The molecule has 136 valence electrons. The molecule has 0 radical (unpaired) electrons. The van der Waals surface area contributed by atoms with Crippen molar-refractivity contribution < 1.29 is 17.9 Å². The number of aryl methyl sites for hydroxylation is 1. The molecule has 0 aliphatic rings. The van der Waals surface area contributed by atoms with Gasteiger partial charge in [-0.2, -0.15) is 18.3 Å². The molecule has 0 spiro atoms. The molecule has 3 heterocycles. The summed E-state index contributed by atoms with van der Waals surface area (Å²) in [6, 6.07) is 2.45. The van der Waals surface area contributed by atoms with Gasteiger partial charge in [-0.05, 0) is 13.0 Å². The summed E-state index contributed by atoms with van der Waals surface area (Å²) in [6.45, 7) is 0.663. The van der Waals surface area contributed by atoms with Crippen LogP contribution < -0.4 is 10.3 Å². The Bertz CT molecular complexity index is 953. The molecule has 0 bridgehead atoms. The highest BCUT2D eigenvalue weighted by Crippen LogP contribution is 2.18. The van der Waals surface area contributed by atoms with E-state index in [0.717, 1.165) is 9.88 Å². The van der Waals surface area contributed by atoms with Crippen molar-refractivity contribution in [3.8, 4) is 17.3 Å². The normalized spacial score (nSPS) is 11.5. The maximum absolute atomic E-state index is 12.1. The van der Waals surface area contributed by atoms with Crippen molar-refractivity contribution in [2.24, 2.45) is 0 Å². The van der Waals surface area contributed by atoms with E-state index in [9.17, 15) is 18.0 Å². The molecule has 0 atom stereocenters. The number of alkyl halides is 3. The average molecular weight is 383 g/mol. The van der Waals surface area contributed by atoms with E-state index in [4.69, 9.17) is 0 Å². The van der Waals surface area contributed by atoms with Gasteiger partial charge in [-0.3, -0.25) is 4.79 Å². The minimum absolute atomic E-state index is 0.270. The Morgan fingerprint density at radius 3 is 2.50 bits per heavy atom. The molecule has 3 aromatic rings. The summed E-state index contributed by atoms with van der Waals surface area (Å²) in [5.41, 5.74) is 0.567. The van der Waals surface area contributed by atoms with Gasteiger partial charge >= 0.3 is 12.2 Å². The summed E-state index contributed by atoms with van der Waals surface area (Å²) in [5, 5.41) is 5.13. The van der Waals surface area contributed by atoms with Crippen LogP contribution in [-0.4, -0.2) is 37.5 Å². The third kappa shape index (κ3) is 4.63. The van der Waals surface area contributed by atoms with Crippen molar-refractivity contribution in [2.45, 2.75) is 19.6 Å². The first-order valence-corrected chi connectivity index (χ1v) is 8.13. The molecular formula is C15H12F3N5O2S.